The molecular formula is C9H12N3O2S+. The Labute approximate surface area is 88.2 Å². The van der Waals surface area contributed by atoms with Gasteiger partial charge in [0.1, 0.15) is 0 Å². The second-order valence-electron chi connectivity index (χ2n) is 3.53. The minimum Gasteiger partial charge on any atom is -0.288 e. The Kier molecular flexibility index (Phi) is 2.24. The van der Waals surface area contributed by atoms with Crippen molar-refractivity contribution < 1.29 is 12.8 Å². The lowest BCUT2D eigenvalue weighted by molar-refractivity contribution is -0.265. The molecule has 5 nitrogen and oxygen atoms in total. The first-order valence-corrected chi connectivity index (χ1v) is 5.95. The summed E-state index contributed by atoms with van der Waals surface area (Å²) in [5.74, 6) is 0.209. The number of rotatable bonds is 1. The SMILES string of the molecule is Cc1cccc([C@@H]2NS(=O)(=O)[NH+]=C2N)c1. The van der Waals surface area contributed by atoms with E-state index in [1.807, 2.05) is 31.2 Å². The molecule has 1 aliphatic rings. The first-order chi connectivity index (χ1) is 6.98. The van der Waals surface area contributed by atoms with E-state index in [4.69, 9.17) is 5.73 Å². The van der Waals surface area contributed by atoms with Gasteiger partial charge in [-0.1, -0.05) is 29.8 Å². The quantitative estimate of drug-likeness (QED) is 0.535. The molecule has 1 heterocycles. The summed E-state index contributed by atoms with van der Waals surface area (Å²) in [6, 6.07) is 7.06. The van der Waals surface area contributed by atoms with Crippen LogP contribution in [0.25, 0.3) is 0 Å². The van der Waals surface area contributed by atoms with Gasteiger partial charge in [-0.15, -0.1) is 0 Å². The second kappa shape index (κ2) is 3.32. The van der Waals surface area contributed by atoms with E-state index in [1.165, 1.54) is 0 Å². The third-order valence-electron chi connectivity index (χ3n) is 2.21. The molecule has 0 fully saturated rings. The van der Waals surface area contributed by atoms with Crippen LogP contribution >= 0.6 is 0 Å². The van der Waals surface area contributed by atoms with Crippen LogP contribution in [0.4, 0.5) is 0 Å². The van der Waals surface area contributed by atoms with Crippen molar-refractivity contribution in [1.29, 1.82) is 0 Å². The Balaban J connectivity index is 2.40. The zero-order chi connectivity index (χ0) is 11.1. The standard InChI is InChI=1S/C9H11N3O2S/c1-6-3-2-4-7(5-6)8-9(10)12-15(13,14)11-8/h2-5,8,11H,1H3,(H2,10,12)/p+1/t8-/m0/s1. The number of nitrogens with two attached hydrogens (primary N) is 1. The lowest BCUT2D eigenvalue weighted by Gasteiger charge is -2.06. The average Bonchev–Trinajstić information content (AvgIpc) is 2.40. The highest BCUT2D eigenvalue weighted by molar-refractivity contribution is 7.83. The van der Waals surface area contributed by atoms with Gasteiger partial charge in [-0.25, -0.2) is 0 Å². The largest absolute Gasteiger partial charge is 0.371 e. The highest BCUT2D eigenvalue weighted by Crippen LogP contribution is 2.15. The number of hydrogen-bond donors (Lipinski definition) is 3. The van der Waals surface area contributed by atoms with Crippen molar-refractivity contribution in [1.82, 2.24) is 4.72 Å². The van der Waals surface area contributed by atoms with Crippen LogP contribution in [-0.2, 0) is 10.2 Å². The van der Waals surface area contributed by atoms with Gasteiger partial charge in [0.05, 0.1) is 0 Å². The maximum absolute atomic E-state index is 11.2. The maximum atomic E-state index is 11.2. The zero-order valence-electron chi connectivity index (χ0n) is 8.19. The Morgan fingerprint density at radius 1 is 1.47 bits per heavy atom. The number of nitrogens with one attached hydrogen (secondary N) is 2. The Hall–Kier alpha value is -1.40. The van der Waals surface area contributed by atoms with Crippen LogP contribution in [-0.4, -0.2) is 14.3 Å². The van der Waals surface area contributed by atoms with E-state index in [9.17, 15) is 8.42 Å². The third kappa shape index (κ3) is 2.00. The average molecular weight is 226 g/mol. The second-order valence-corrected chi connectivity index (χ2v) is 4.97. The van der Waals surface area contributed by atoms with Gasteiger partial charge in [0, 0.05) is 0 Å². The van der Waals surface area contributed by atoms with Gasteiger partial charge in [0.25, 0.3) is 5.84 Å². The fraction of sp³-hybridized carbons (Fsp3) is 0.222. The molecule has 0 saturated heterocycles. The molecule has 6 heteroatoms. The van der Waals surface area contributed by atoms with E-state index < -0.39 is 16.3 Å². The molecule has 0 bridgehead atoms. The fourth-order valence-electron chi connectivity index (χ4n) is 1.56. The monoisotopic (exact) mass is 226 g/mol. The van der Waals surface area contributed by atoms with E-state index >= 15 is 0 Å². The van der Waals surface area contributed by atoms with Gasteiger partial charge in [-0.2, -0.15) is 17.5 Å². The topological polar surface area (TPSA) is 86.2 Å². The van der Waals surface area contributed by atoms with E-state index in [1.54, 1.807) is 0 Å². The van der Waals surface area contributed by atoms with Crippen molar-refractivity contribution in [3.63, 3.8) is 0 Å². The zero-order valence-corrected chi connectivity index (χ0v) is 9.01. The molecule has 80 valence electrons. The van der Waals surface area contributed by atoms with Crippen LogP contribution in [0.5, 0.6) is 0 Å². The lowest BCUT2D eigenvalue weighted by Crippen LogP contribution is -2.76. The lowest BCUT2D eigenvalue weighted by atomic mass is 10.0. The molecular weight excluding hydrogens is 214 g/mol. The molecule has 0 aromatic heterocycles. The highest BCUT2D eigenvalue weighted by Gasteiger charge is 2.34. The smallest absolute Gasteiger partial charge is 0.288 e. The number of amidine groups is 1. The summed E-state index contributed by atoms with van der Waals surface area (Å²) >= 11 is 0. The summed E-state index contributed by atoms with van der Waals surface area (Å²) in [6.07, 6.45) is 0. The van der Waals surface area contributed by atoms with Gasteiger partial charge < -0.3 is 0 Å². The molecule has 15 heavy (non-hydrogen) atoms. The molecule has 0 saturated carbocycles. The van der Waals surface area contributed by atoms with E-state index in [0.717, 1.165) is 11.1 Å². The van der Waals surface area contributed by atoms with Gasteiger partial charge in [0.2, 0.25) is 0 Å². The van der Waals surface area contributed by atoms with Crippen LogP contribution < -0.4 is 14.9 Å². The number of hydrogen-bond acceptors (Lipinski definition) is 3. The van der Waals surface area contributed by atoms with Crippen LogP contribution in [0.15, 0.2) is 24.3 Å². The number of benzene rings is 1. The molecule has 0 aliphatic carbocycles. The molecule has 0 amide bonds. The van der Waals surface area contributed by atoms with Gasteiger partial charge in [0.15, 0.2) is 6.04 Å². The van der Waals surface area contributed by atoms with Gasteiger partial charge in [-0.3, -0.25) is 5.73 Å². The van der Waals surface area contributed by atoms with Crippen LogP contribution in [0.1, 0.15) is 17.2 Å². The van der Waals surface area contributed by atoms with Crippen molar-refractivity contribution in [3.8, 4) is 0 Å². The minimum atomic E-state index is -3.47. The predicted molar refractivity (Wildman–Crippen MR) is 56.1 cm³/mol. The van der Waals surface area contributed by atoms with Crippen molar-refractivity contribution in [2.45, 2.75) is 13.0 Å². The molecule has 0 radical (unpaired) electrons. The van der Waals surface area contributed by atoms with E-state index in [0.29, 0.717) is 0 Å². The molecule has 2 rings (SSSR count). The summed E-state index contributed by atoms with van der Waals surface area (Å²) in [7, 11) is -3.47. The Morgan fingerprint density at radius 3 is 2.73 bits per heavy atom. The fourth-order valence-corrected chi connectivity index (χ4v) is 2.62. The molecule has 4 N–H and O–H groups in total. The van der Waals surface area contributed by atoms with Crippen molar-refractivity contribution in [2.24, 2.45) is 5.73 Å². The van der Waals surface area contributed by atoms with Gasteiger partial charge in [-0.05, 0) is 12.5 Å². The van der Waals surface area contributed by atoms with Crippen molar-refractivity contribution in [3.05, 3.63) is 35.4 Å². The molecule has 1 atom stereocenters. The summed E-state index contributed by atoms with van der Waals surface area (Å²) in [5.41, 5.74) is 7.50. The maximum Gasteiger partial charge on any atom is 0.371 e. The summed E-state index contributed by atoms with van der Waals surface area (Å²) in [5, 5.41) is 0. The molecule has 1 aliphatic heterocycles. The first kappa shape index (κ1) is 10.1. The predicted octanol–water partition coefficient (Wildman–Crippen LogP) is -1.68. The first-order valence-electron chi connectivity index (χ1n) is 4.47. The number of aryl methyl sites for hydroxylation is 1. The normalized spacial score (nSPS) is 23.8. The van der Waals surface area contributed by atoms with E-state index in [2.05, 4.69) is 9.12 Å². The van der Waals surface area contributed by atoms with Crippen molar-refractivity contribution in [2.75, 3.05) is 0 Å². The minimum absolute atomic E-state index is 0.209. The molecule has 1 aromatic rings. The highest BCUT2D eigenvalue weighted by atomic mass is 32.2. The Morgan fingerprint density at radius 2 is 2.20 bits per heavy atom. The van der Waals surface area contributed by atoms with E-state index in [-0.39, 0.29) is 5.84 Å². The molecule has 0 unspecified atom stereocenters. The third-order valence-corrected chi connectivity index (χ3v) is 3.26. The van der Waals surface area contributed by atoms with Crippen LogP contribution in [0.2, 0.25) is 0 Å². The summed E-state index contributed by atoms with van der Waals surface area (Å²) in [6.45, 7) is 1.94. The van der Waals surface area contributed by atoms with Crippen molar-refractivity contribution >= 4 is 16.0 Å². The summed E-state index contributed by atoms with van der Waals surface area (Å²) < 4.78 is 27.0. The summed E-state index contributed by atoms with van der Waals surface area (Å²) in [4.78, 5) is 0. The van der Waals surface area contributed by atoms with Crippen LogP contribution in [0, 0.1) is 6.92 Å². The van der Waals surface area contributed by atoms with Gasteiger partial charge >= 0.3 is 10.2 Å². The molecule has 1 aromatic carbocycles. The molecule has 0 spiro atoms. The van der Waals surface area contributed by atoms with Crippen LogP contribution in [0.3, 0.4) is 0 Å². The Bertz CT molecular complexity index is 522.